The van der Waals surface area contributed by atoms with Gasteiger partial charge < -0.3 is 5.11 Å². The summed E-state index contributed by atoms with van der Waals surface area (Å²) < 4.78 is 12.6. The summed E-state index contributed by atoms with van der Waals surface area (Å²) in [5.41, 5.74) is 1.90. The second-order valence-corrected chi connectivity index (χ2v) is 3.12. The van der Waals surface area contributed by atoms with Crippen LogP contribution in [0.4, 0.5) is 4.39 Å². The normalized spacial score (nSPS) is 13.0. The molecule has 0 radical (unpaired) electrons. The summed E-state index contributed by atoms with van der Waals surface area (Å²) in [6.07, 6.45) is 0.223. The molecule has 1 atom stereocenters. The molecule has 0 spiro atoms. The van der Waals surface area contributed by atoms with Gasteiger partial charge in [-0.1, -0.05) is 6.07 Å². The summed E-state index contributed by atoms with van der Waals surface area (Å²) in [5, 5.41) is 9.11. The van der Waals surface area contributed by atoms with Crippen LogP contribution in [0.3, 0.4) is 0 Å². The van der Waals surface area contributed by atoms with Crippen molar-refractivity contribution in [2.24, 2.45) is 0 Å². The fraction of sp³-hybridized carbons (Fsp3) is 0.400. The van der Waals surface area contributed by atoms with Crippen molar-refractivity contribution in [2.45, 2.75) is 26.4 Å². The molecule has 0 aliphatic rings. The van der Waals surface area contributed by atoms with Crippen molar-refractivity contribution in [1.29, 1.82) is 0 Å². The number of rotatable bonds is 2. The van der Waals surface area contributed by atoms with E-state index < -0.39 is 0 Å². The molecule has 1 aromatic carbocycles. The third-order valence-electron chi connectivity index (χ3n) is 1.82. The lowest BCUT2D eigenvalue weighted by atomic mass is 10.0. The lowest BCUT2D eigenvalue weighted by Crippen LogP contribution is -2.05. The molecule has 0 saturated heterocycles. The van der Waals surface area contributed by atoms with E-state index in [1.807, 2.05) is 6.92 Å². The van der Waals surface area contributed by atoms with Gasteiger partial charge in [-0.3, -0.25) is 0 Å². The van der Waals surface area contributed by atoms with Crippen LogP contribution in [0.15, 0.2) is 18.2 Å². The van der Waals surface area contributed by atoms with Crippen LogP contribution in [0.1, 0.15) is 18.1 Å². The molecule has 0 aromatic heterocycles. The van der Waals surface area contributed by atoms with Crippen LogP contribution in [-0.4, -0.2) is 11.2 Å². The Balaban J connectivity index is 2.86. The highest BCUT2D eigenvalue weighted by Crippen LogP contribution is 2.11. The van der Waals surface area contributed by atoms with Crippen LogP contribution in [0.2, 0.25) is 0 Å². The Labute approximate surface area is 71.9 Å². The first kappa shape index (κ1) is 9.20. The summed E-state index contributed by atoms with van der Waals surface area (Å²) in [5.74, 6) is -0.221. The molecule has 0 heterocycles. The SMILES string of the molecule is Cc1cc(F)ccc1CC(C)O. The summed E-state index contributed by atoms with van der Waals surface area (Å²) in [7, 11) is 0. The highest BCUT2D eigenvalue weighted by molar-refractivity contribution is 5.26. The molecule has 2 heteroatoms. The van der Waals surface area contributed by atoms with E-state index >= 15 is 0 Å². The molecule has 1 N–H and O–H groups in total. The van der Waals surface area contributed by atoms with Crippen LogP contribution in [-0.2, 0) is 6.42 Å². The number of benzene rings is 1. The maximum Gasteiger partial charge on any atom is 0.123 e. The Morgan fingerprint density at radius 2 is 2.17 bits per heavy atom. The predicted molar refractivity (Wildman–Crippen MR) is 46.5 cm³/mol. The molecule has 0 bridgehead atoms. The minimum absolute atomic E-state index is 0.221. The van der Waals surface area contributed by atoms with E-state index in [1.165, 1.54) is 12.1 Å². The summed E-state index contributed by atoms with van der Waals surface area (Å²) in [6, 6.07) is 4.62. The topological polar surface area (TPSA) is 20.2 Å². The Hall–Kier alpha value is -0.890. The standard InChI is InChI=1S/C10H13FO/c1-7-5-10(11)4-3-9(7)6-8(2)12/h3-5,8,12H,6H2,1-2H3. The minimum atomic E-state index is -0.367. The van der Waals surface area contributed by atoms with Gasteiger partial charge in [0.2, 0.25) is 0 Å². The number of hydrogen-bond acceptors (Lipinski definition) is 1. The molecular weight excluding hydrogens is 155 g/mol. The molecule has 0 saturated carbocycles. The van der Waals surface area contributed by atoms with Crippen LogP contribution in [0.5, 0.6) is 0 Å². The Morgan fingerprint density at radius 3 is 2.67 bits per heavy atom. The Morgan fingerprint density at radius 1 is 1.50 bits per heavy atom. The lowest BCUT2D eigenvalue weighted by Gasteiger charge is -2.07. The van der Waals surface area contributed by atoms with E-state index in [0.717, 1.165) is 11.1 Å². The second-order valence-electron chi connectivity index (χ2n) is 3.12. The number of hydrogen-bond donors (Lipinski definition) is 1. The van der Waals surface area contributed by atoms with Gasteiger partial charge in [0.1, 0.15) is 5.82 Å². The zero-order chi connectivity index (χ0) is 9.14. The first-order chi connectivity index (χ1) is 5.59. The maximum absolute atomic E-state index is 12.6. The molecule has 0 fully saturated rings. The van der Waals surface area contributed by atoms with E-state index in [0.29, 0.717) is 6.42 Å². The van der Waals surface area contributed by atoms with Gasteiger partial charge in [0, 0.05) is 0 Å². The van der Waals surface area contributed by atoms with Crippen molar-refractivity contribution in [3.63, 3.8) is 0 Å². The van der Waals surface area contributed by atoms with Crippen molar-refractivity contribution >= 4 is 0 Å². The van der Waals surface area contributed by atoms with Gasteiger partial charge in [-0.2, -0.15) is 0 Å². The van der Waals surface area contributed by atoms with Gasteiger partial charge in [0.05, 0.1) is 6.10 Å². The van der Waals surface area contributed by atoms with E-state index in [9.17, 15) is 4.39 Å². The van der Waals surface area contributed by atoms with Gasteiger partial charge >= 0.3 is 0 Å². The molecule has 66 valence electrons. The average Bonchev–Trinajstić information content (AvgIpc) is 1.94. The first-order valence-electron chi connectivity index (χ1n) is 4.02. The van der Waals surface area contributed by atoms with Crippen molar-refractivity contribution in [1.82, 2.24) is 0 Å². The average molecular weight is 168 g/mol. The maximum atomic E-state index is 12.6. The summed E-state index contributed by atoms with van der Waals surface area (Å²) in [4.78, 5) is 0. The van der Waals surface area contributed by atoms with Crippen molar-refractivity contribution < 1.29 is 9.50 Å². The van der Waals surface area contributed by atoms with E-state index in [-0.39, 0.29) is 11.9 Å². The van der Waals surface area contributed by atoms with Gasteiger partial charge in [-0.25, -0.2) is 4.39 Å². The van der Waals surface area contributed by atoms with Crippen LogP contribution < -0.4 is 0 Å². The molecular formula is C10H13FO. The molecule has 1 unspecified atom stereocenters. The number of aliphatic hydroxyl groups is 1. The van der Waals surface area contributed by atoms with Gasteiger partial charge in [0.15, 0.2) is 0 Å². The fourth-order valence-corrected chi connectivity index (χ4v) is 1.21. The van der Waals surface area contributed by atoms with Gasteiger partial charge in [-0.15, -0.1) is 0 Å². The van der Waals surface area contributed by atoms with Gasteiger partial charge in [0.25, 0.3) is 0 Å². The number of aryl methyl sites for hydroxylation is 1. The molecule has 0 aliphatic carbocycles. The molecule has 0 aliphatic heterocycles. The third-order valence-corrected chi connectivity index (χ3v) is 1.82. The zero-order valence-electron chi connectivity index (χ0n) is 7.34. The second kappa shape index (κ2) is 3.68. The Bertz CT molecular complexity index is 269. The fourth-order valence-electron chi connectivity index (χ4n) is 1.21. The van der Waals surface area contributed by atoms with E-state index in [4.69, 9.17) is 5.11 Å². The smallest absolute Gasteiger partial charge is 0.123 e. The lowest BCUT2D eigenvalue weighted by molar-refractivity contribution is 0.195. The Kier molecular flexibility index (Phi) is 2.82. The van der Waals surface area contributed by atoms with E-state index in [2.05, 4.69) is 0 Å². The number of aliphatic hydroxyl groups excluding tert-OH is 1. The molecule has 1 rings (SSSR count). The monoisotopic (exact) mass is 168 g/mol. The van der Waals surface area contributed by atoms with Crippen molar-refractivity contribution in [2.75, 3.05) is 0 Å². The van der Waals surface area contributed by atoms with Crippen LogP contribution in [0.25, 0.3) is 0 Å². The third kappa shape index (κ3) is 2.31. The van der Waals surface area contributed by atoms with Crippen molar-refractivity contribution in [3.8, 4) is 0 Å². The predicted octanol–water partition coefficient (Wildman–Crippen LogP) is 2.06. The highest BCUT2D eigenvalue weighted by atomic mass is 19.1. The first-order valence-corrected chi connectivity index (χ1v) is 4.02. The van der Waals surface area contributed by atoms with E-state index in [1.54, 1.807) is 13.0 Å². The largest absolute Gasteiger partial charge is 0.393 e. The molecule has 12 heavy (non-hydrogen) atoms. The minimum Gasteiger partial charge on any atom is -0.393 e. The molecule has 1 aromatic rings. The molecule has 0 amide bonds. The van der Waals surface area contributed by atoms with Crippen LogP contribution in [0, 0.1) is 12.7 Å². The molecule has 1 nitrogen and oxygen atoms in total. The summed E-state index contributed by atoms with van der Waals surface area (Å²) in [6.45, 7) is 3.57. The quantitative estimate of drug-likeness (QED) is 0.716. The van der Waals surface area contributed by atoms with Crippen LogP contribution >= 0.6 is 0 Å². The number of halogens is 1. The van der Waals surface area contributed by atoms with Gasteiger partial charge in [-0.05, 0) is 43.5 Å². The highest BCUT2D eigenvalue weighted by Gasteiger charge is 2.02. The summed E-state index contributed by atoms with van der Waals surface area (Å²) >= 11 is 0. The van der Waals surface area contributed by atoms with Crippen molar-refractivity contribution in [3.05, 3.63) is 35.1 Å². The zero-order valence-corrected chi connectivity index (χ0v) is 7.34.